The molecular weight excluding hydrogens is 390 g/mol. The lowest BCUT2D eigenvalue weighted by atomic mass is 10.2. The van der Waals surface area contributed by atoms with E-state index < -0.39 is 37.6 Å². The molecule has 0 heterocycles. The van der Waals surface area contributed by atoms with Gasteiger partial charge in [0.05, 0.1) is 26.9 Å². The van der Waals surface area contributed by atoms with E-state index in [1.807, 2.05) is 0 Å². The standard InChI is InChI=1S/C11H17S.C6H3N3O7/c1-3-12(4-2)10-11-8-6-5-7-9-11;10-6-4(8(13)14)1-3(7(11)12)2-5(6)9(15)16/h5-9H,3-4,10H2,1-2H3;1-2,10H/q+1;. The summed E-state index contributed by atoms with van der Waals surface area (Å²) in [5.41, 5.74) is -1.51. The van der Waals surface area contributed by atoms with Crippen LogP contribution in [0.4, 0.5) is 17.1 Å². The molecule has 2 aromatic rings. The van der Waals surface area contributed by atoms with Gasteiger partial charge >= 0.3 is 11.4 Å². The molecule has 150 valence electrons. The summed E-state index contributed by atoms with van der Waals surface area (Å²) in [5, 5.41) is 40.2. The fourth-order valence-electron chi connectivity index (χ4n) is 2.19. The lowest BCUT2D eigenvalue weighted by Gasteiger charge is -2.03. The summed E-state index contributed by atoms with van der Waals surface area (Å²) in [7, 11) is 0.611. The van der Waals surface area contributed by atoms with Crippen LogP contribution in [0.15, 0.2) is 42.5 Å². The fourth-order valence-corrected chi connectivity index (χ4v) is 3.67. The van der Waals surface area contributed by atoms with Crippen molar-refractivity contribution < 1.29 is 19.9 Å². The number of nitro benzene ring substituents is 3. The predicted octanol–water partition coefficient (Wildman–Crippen LogP) is 3.96. The molecule has 2 rings (SSSR count). The normalized spacial score (nSPS) is 10.1. The third kappa shape index (κ3) is 6.50. The van der Waals surface area contributed by atoms with E-state index in [0.717, 1.165) is 0 Å². The molecule has 0 saturated carbocycles. The Kier molecular flexibility index (Phi) is 8.82. The number of benzene rings is 2. The molecule has 0 amide bonds. The second-order valence-electron chi connectivity index (χ2n) is 5.42. The average Bonchev–Trinajstić information content (AvgIpc) is 2.66. The minimum atomic E-state index is -1.21. The summed E-state index contributed by atoms with van der Waals surface area (Å²) >= 11 is 0. The Morgan fingerprint density at radius 1 is 0.857 bits per heavy atom. The van der Waals surface area contributed by atoms with Gasteiger partial charge in [-0.1, -0.05) is 30.3 Å². The van der Waals surface area contributed by atoms with Crippen molar-refractivity contribution in [2.45, 2.75) is 19.6 Å². The molecule has 0 bridgehead atoms. The van der Waals surface area contributed by atoms with E-state index in [2.05, 4.69) is 44.2 Å². The van der Waals surface area contributed by atoms with Gasteiger partial charge in [0.2, 0.25) is 0 Å². The number of hydrogen-bond acceptors (Lipinski definition) is 7. The van der Waals surface area contributed by atoms with Crippen molar-refractivity contribution in [2.24, 2.45) is 0 Å². The van der Waals surface area contributed by atoms with E-state index in [1.54, 1.807) is 0 Å². The van der Waals surface area contributed by atoms with Crippen LogP contribution < -0.4 is 0 Å². The highest BCUT2D eigenvalue weighted by Crippen LogP contribution is 2.38. The van der Waals surface area contributed by atoms with Crippen LogP contribution in [0.25, 0.3) is 0 Å². The number of hydrogen-bond donors (Lipinski definition) is 1. The summed E-state index contributed by atoms with van der Waals surface area (Å²) in [6, 6.07) is 11.7. The van der Waals surface area contributed by atoms with Crippen LogP contribution in [-0.2, 0) is 16.6 Å². The molecule has 0 aliphatic rings. The van der Waals surface area contributed by atoms with Crippen molar-refractivity contribution in [1.82, 2.24) is 0 Å². The Morgan fingerprint density at radius 3 is 1.68 bits per heavy atom. The maximum Gasteiger partial charge on any atom is 0.324 e. The maximum absolute atomic E-state index is 10.4. The highest BCUT2D eigenvalue weighted by atomic mass is 32.2. The third-order valence-electron chi connectivity index (χ3n) is 3.69. The number of non-ortho nitro benzene ring substituents is 1. The Bertz CT molecular complexity index is 807. The maximum atomic E-state index is 10.4. The van der Waals surface area contributed by atoms with Gasteiger partial charge in [-0.25, -0.2) is 0 Å². The van der Waals surface area contributed by atoms with Gasteiger partial charge in [0.1, 0.15) is 17.3 Å². The summed E-state index contributed by atoms with van der Waals surface area (Å²) in [6.07, 6.45) is 0. The van der Waals surface area contributed by atoms with Gasteiger partial charge in [0, 0.05) is 5.56 Å². The van der Waals surface area contributed by atoms with Crippen LogP contribution in [0.2, 0.25) is 0 Å². The van der Waals surface area contributed by atoms with Crippen LogP contribution >= 0.6 is 0 Å². The minimum Gasteiger partial charge on any atom is -0.497 e. The fraction of sp³-hybridized carbons (Fsp3) is 0.294. The molecule has 1 N–H and O–H groups in total. The first kappa shape index (κ1) is 22.8. The number of nitro groups is 3. The van der Waals surface area contributed by atoms with Crippen molar-refractivity contribution in [1.29, 1.82) is 0 Å². The van der Waals surface area contributed by atoms with Gasteiger partial charge in [-0.3, -0.25) is 30.3 Å². The van der Waals surface area contributed by atoms with Gasteiger partial charge in [-0.15, -0.1) is 0 Å². The zero-order valence-electron chi connectivity index (χ0n) is 15.3. The summed E-state index contributed by atoms with van der Waals surface area (Å²) < 4.78 is 0. The van der Waals surface area contributed by atoms with Crippen molar-refractivity contribution in [3.63, 3.8) is 0 Å². The number of phenolic OH excluding ortho intramolecular Hbond substituents is 1. The monoisotopic (exact) mass is 410 g/mol. The van der Waals surface area contributed by atoms with Crippen molar-refractivity contribution in [3.05, 3.63) is 78.4 Å². The van der Waals surface area contributed by atoms with Crippen LogP contribution in [0.5, 0.6) is 5.75 Å². The molecular formula is C17H20N3O7S+. The van der Waals surface area contributed by atoms with Crippen molar-refractivity contribution in [2.75, 3.05) is 11.5 Å². The molecule has 0 fully saturated rings. The van der Waals surface area contributed by atoms with E-state index in [4.69, 9.17) is 5.11 Å². The summed E-state index contributed by atoms with van der Waals surface area (Å²) in [6.45, 7) is 4.57. The highest BCUT2D eigenvalue weighted by molar-refractivity contribution is 7.96. The second-order valence-corrected chi connectivity index (χ2v) is 8.09. The Hall–Kier alpha value is -3.21. The topological polar surface area (TPSA) is 150 Å². The van der Waals surface area contributed by atoms with Gasteiger partial charge < -0.3 is 5.11 Å². The number of phenols is 1. The molecule has 0 spiro atoms. The smallest absolute Gasteiger partial charge is 0.324 e. The van der Waals surface area contributed by atoms with Crippen molar-refractivity contribution in [3.8, 4) is 5.75 Å². The third-order valence-corrected chi connectivity index (χ3v) is 6.06. The average molecular weight is 410 g/mol. The summed E-state index contributed by atoms with van der Waals surface area (Å²) in [4.78, 5) is 27.8. The molecule has 0 aliphatic carbocycles. The highest BCUT2D eigenvalue weighted by Gasteiger charge is 2.30. The van der Waals surface area contributed by atoms with Gasteiger partial charge in [0.15, 0.2) is 0 Å². The molecule has 0 aliphatic heterocycles. The lowest BCUT2D eigenvalue weighted by molar-refractivity contribution is -0.404. The van der Waals surface area contributed by atoms with E-state index in [0.29, 0.717) is 23.0 Å². The molecule has 10 nitrogen and oxygen atoms in total. The number of aromatic hydroxyl groups is 1. The zero-order valence-corrected chi connectivity index (χ0v) is 16.1. The van der Waals surface area contributed by atoms with E-state index in [1.165, 1.54) is 22.8 Å². The van der Waals surface area contributed by atoms with E-state index in [9.17, 15) is 30.3 Å². The van der Waals surface area contributed by atoms with Crippen molar-refractivity contribution >= 4 is 28.0 Å². The van der Waals surface area contributed by atoms with Gasteiger partial charge in [0.25, 0.3) is 11.4 Å². The Labute approximate surface area is 163 Å². The quantitative estimate of drug-likeness (QED) is 0.412. The molecule has 11 heteroatoms. The Balaban J connectivity index is 0.000000292. The lowest BCUT2D eigenvalue weighted by Crippen LogP contribution is -2.10. The van der Waals surface area contributed by atoms with Crippen LogP contribution in [0.3, 0.4) is 0 Å². The van der Waals surface area contributed by atoms with Gasteiger partial charge in [-0.2, -0.15) is 0 Å². The van der Waals surface area contributed by atoms with E-state index >= 15 is 0 Å². The molecule has 2 aromatic carbocycles. The summed E-state index contributed by atoms with van der Waals surface area (Å²) in [5.74, 6) is 2.71. The SMILES string of the molecule is CC[S+](CC)Cc1ccccc1.O=[N+]([O-])c1cc([N+](=O)[O-])c(O)c([N+](=O)[O-])c1. The van der Waals surface area contributed by atoms with E-state index in [-0.39, 0.29) is 0 Å². The molecule has 0 atom stereocenters. The first-order valence-electron chi connectivity index (χ1n) is 8.19. The van der Waals surface area contributed by atoms with Crippen LogP contribution in [0.1, 0.15) is 19.4 Å². The second kappa shape index (κ2) is 10.8. The zero-order chi connectivity index (χ0) is 21.3. The molecule has 0 saturated heterocycles. The molecule has 0 unspecified atom stereocenters. The molecule has 28 heavy (non-hydrogen) atoms. The molecule has 0 radical (unpaired) electrons. The van der Waals surface area contributed by atoms with Crippen LogP contribution in [0, 0.1) is 30.3 Å². The van der Waals surface area contributed by atoms with Crippen LogP contribution in [-0.4, -0.2) is 31.4 Å². The Morgan fingerprint density at radius 2 is 1.32 bits per heavy atom. The number of rotatable bonds is 7. The van der Waals surface area contributed by atoms with Gasteiger partial charge in [-0.05, 0) is 24.7 Å². The minimum absolute atomic E-state index is 0.447. The predicted molar refractivity (Wildman–Crippen MR) is 107 cm³/mol. The first-order valence-corrected chi connectivity index (χ1v) is 9.92. The molecule has 0 aromatic heterocycles. The number of nitrogens with zero attached hydrogens (tertiary/aromatic N) is 3. The largest absolute Gasteiger partial charge is 0.497 e. The first-order chi connectivity index (χ1) is 13.2.